The molecule has 4 heteroatoms. The summed E-state index contributed by atoms with van der Waals surface area (Å²) in [6.45, 7) is 7.89. The monoisotopic (exact) mass is 293 g/mol. The zero-order valence-corrected chi connectivity index (χ0v) is 12.9. The summed E-state index contributed by atoms with van der Waals surface area (Å²) < 4.78 is 5.26. The molecule has 0 fully saturated rings. The second-order valence-electron chi connectivity index (χ2n) is 4.33. The van der Waals surface area contributed by atoms with E-state index in [9.17, 15) is 4.79 Å². The fourth-order valence-electron chi connectivity index (χ4n) is 1.98. The zero-order chi connectivity index (χ0) is 15.1. The van der Waals surface area contributed by atoms with Crippen LogP contribution in [0.15, 0.2) is 24.8 Å². The van der Waals surface area contributed by atoms with Gasteiger partial charge in [-0.3, -0.25) is 4.79 Å². The van der Waals surface area contributed by atoms with Crippen molar-refractivity contribution in [2.75, 3.05) is 13.7 Å². The van der Waals surface area contributed by atoms with Gasteiger partial charge >= 0.3 is 0 Å². The van der Waals surface area contributed by atoms with Gasteiger partial charge in [0.1, 0.15) is 5.75 Å². The van der Waals surface area contributed by atoms with E-state index in [4.69, 9.17) is 16.3 Å². The predicted molar refractivity (Wildman–Crippen MR) is 85.0 cm³/mol. The maximum Gasteiger partial charge on any atom is 0.216 e. The van der Waals surface area contributed by atoms with E-state index in [1.807, 2.05) is 25.1 Å². The summed E-state index contributed by atoms with van der Waals surface area (Å²) in [5, 5.41) is 3.35. The molecule has 0 aliphatic heterocycles. The summed E-state index contributed by atoms with van der Waals surface area (Å²) in [5.41, 5.74) is 3.09. The normalized spacial score (nSPS) is 11.1. The van der Waals surface area contributed by atoms with Crippen LogP contribution in [0.1, 0.15) is 31.4 Å². The lowest BCUT2D eigenvalue weighted by atomic mass is 9.96. The lowest BCUT2D eigenvalue weighted by molar-refractivity contribution is -0.118. The molecule has 0 bridgehead atoms. The van der Waals surface area contributed by atoms with Gasteiger partial charge in [-0.1, -0.05) is 30.3 Å². The second kappa shape index (κ2) is 7.75. The van der Waals surface area contributed by atoms with Crippen LogP contribution in [0.25, 0.3) is 11.6 Å². The van der Waals surface area contributed by atoms with Crippen molar-refractivity contribution in [1.29, 1.82) is 0 Å². The summed E-state index contributed by atoms with van der Waals surface area (Å²) in [7, 11) is 1.59. The predicted octanol–water partition coefficient (Wildman–Crippen LogP) is 3.92. The van der Waals surface area contributed by atoms with Crippen LogP contribution >= 0.6 is 11.6 Å². The van der Waals surface area contributed by atoms with Crippen LogP contribution in [0.3, 0.4) is 0 Å². The number of carbonyl (C=O) groups excluding carboxylic acids is 1. The summed E-state index contributed by atoms with van der Waals surface area (Å²) in [6.07, 6.45) is 4.53. The first-order chi connectivity index (χ1) is 9.53. The topological polar surface area (TPSA) is 38.3 Å². The molecule has 0 aliphatic carbocycles. The maximum atomic E-state index is 10.9. The van der Waals surface area contributed by atoms with E-state index in [1.165, 1.54) is 6.92 Å². The molecule has 0 saturated carbocycles. The average molecular weight is 294 g/mol. The average Bonchev–Trinajstić information content (AvgIpc) is 2.43. The van der Waals surface area contributed by atoms with Crippen LogP contribution < -0.4 is 10.1 Å². The Hall–Kier alpha value is -1.74. The van der Waals surface area contributed by atoms with Crippen molar-refractivity contribution in [3.8, 4) is 5.75 Å². The Kier molecular flexibility index (Phi) is 6.32. The minimum atomic E-state index is -0.0296. The zero-order valence-electron chi connectivity index (χ0n) is 12.1. The van der Waals surface area contributed by atoms with E-state index in [0.29, 0.717) is 17.3 Å². The lowest BCUT2D eigenvalue weighted by Gasteiger charge is -2.14. The van der Waals surface area contributed by atoms with Crippen molar-refractivity contribution >= 4 is 29.2 Å². The molecule has 0 aliphatic rings. The van der Waals surface area contributed by atoms with E-state index in [0.717, 1.165) is 23.1 Å². The molecule has 0 saturated heterocycles. The number of benzene rings is 1. The first-order valence-corrected chi connectivity index (χ1v) is 6.81. The number of rotatable bonds is 6. The number of allylic oxidation sites excluding steroid dienone is 1. The molecule has 0 unspecified atom stereocenters. The van der Waals surface area contributed by atoms with Crippen molar-refractivity contribution in [3.05, 3.63) is 40.9 Å². The number of hydrogen-bond acceptors (Lipinski definition) is 2. The van der Waals surface area contributed by atoms with E-state index >= 15 is 0 Å². The molecule has 0 spiro atoms. The van der Waals surface area contributed by atoms with Gasteiger partial charge in [0, 0.05) is 13.5 Å². The highest BCUT2D eigenvalue weighted by Gasteiger charge is 2.11. The van der Waals surface area contributed by atoms with Gasteiger partial charge in [-0.25, -0.2) is 0 Å². The Balaban J connectivity index is 3.07. The molecule has 0 heterocycles. The van der Waals surface area contributed by atoms with Gasteiger partial charge in [-0.15, -0.1) is 0 Å². The van der Waals surface area contributed by atoms with Crippen molar-refractivity contribution in [3.63, 3.8) is 0 Å². The summed E-state index contributed by atoms with van der Waals surface area (Å²) in [5.74, 6) is 0.601. The Morgan fingerprint density at radius 2 is 2.20 bits per heavy atom. The van der Waals surface area contributed by atoms with E-state index in [2.05, 4.69) is 11.9 Å². The van der Waals surface area contributed by atoms with E-state index in [1.54, 1.807) is 13.2 Å². The quantitative estimate of drug-likeness (QED) is 0.863. The van der Waals surface area contributed by atoms with Gasteiger partial charge in [0.25, 0.3) is 0 Å². The fourth-order valence-corrected chi connectivity index (χ4v) is 2.23. The van der Waals surface area contributed by atoms with Crippen LogP contribution in [0, 0.1) is 0 Å². The molecule has 0 radical (unpaired) electrons. The highest BCUT2D eigenvalue weighted by Crippen LogP contribution is 2.33. The number of halogens is 1. The summed E-state index contributed by atoms with van der Waals surface area (Å²) in [4.78, 5) is 10.9. The van der Waals surface area contributed by atoms with Gasteiger partial charge in [-0.2, -0.15) is 0 Å². The molecule has 1 rings (SSSR count). The Morgan fingerprint density at radius 1 is 1.50 bits per heavy atom. The van der Waals surface area contributed by atoms with Crippen LogP contribution in [0.4, 0.5) is 0 Å². The maximum absolute atomic E-state index is 10.9. The Labute approximate surface area is 125 Å². The molecule has 20 heavy (non-hydrogen) atoms. The standard InChI is InChI=1S/C16H20ClNO2/c1-5-12(7-8-18-11(3)19)14-10-16(20-4)15(17)9-13(14)6-2/h5-6,9-10H,2,7-8H2,1,3-4H3,(H,18,19)/b12-5-. The first kappa shape index (κ1) is 16.3. The third-order valence-electron chi connectivity index (χ3n) is 3.01. The number of hydrogen-bond donors (Lipinski definition) is 1. The number of carbonyl (C=O) groups is 1. The molecule has 3 nitrogen and oxygen atoms in total. The molecule has 1 aromatic carbocycles. The molecule has 0 aromatic heterocycles. The largest absolute Gasteiger partial charge is 0.495 e. The third kappa shape index (κ3) is 4.14. The SMILES string of the molecule is C=Cc1cc(Cl)c(OC)cc1/C(=C\C)CCNC(C)=O. The van der Waals surface area contributed by atoms with Crippen molar-refractivity contribution in [1.82, 2.24) is 5.32 Å². The third-order valence-corrected chi connectivity index (χ3v) is 3.30. The molecule has 1 amide bonds. The number of ether oxygens (including phenoxy) is 1. The van der Waals surface area contributed by atoms with E-state index in [-0.39, 0.29) is 5.91 Å². The highest BCUT2D eigenvalue weighted by molar-refractivity contribution is 6.32. The number of methoxy groups -OCH3 is 1. The van der Waals surface area contributed by atoms with Crippen LogP contribution in [0.2, 0.25) is 5.02 Å². The van der Waals surface area contributed by atoms with Gasteiger partial charge in [0.05, 0.1) is 12.1 Å². The number of nitrogens with one attached hydrogen (secondary N) is 1. The second-order valence-corrected chi connectivity index (χ2v) is 4.73. The minimum absolute atomic E-state index is 0.0296. The number of amides is 1. The van der Waals surface area contributed by atoms with Gasteiger partial charge in [-0.05, 0) is 42.2 Å². The fraction of sp³-hybridized carbons (Fsp3) is 0.312. The molecule has 0 atom stereocenters. The molecular weight excluding hydrogens is 274 g/mol. The van der Waals surface area contributed by atoms with Crippen LogP contribution in [-0.4, -0.2) is 19.6 Å². The van der Waals surface area contributed by atoms with Crippen molar-refractivity contribution < 1.29 is 9.53 Å². The lowest BCUT2D eigenvalue weighted by Crippen LogP contribution is -2.21. The molecule has 108 valence electrons. The van der Waals surface area contributed by atoms with Gasteiger partial charge in [0.15, 0.2) is 0 Å². The Bertz CT molecular complexity index is 536. The smallest absolute Gasteiger partial charge is 0.216 e. The van der Waals surface area contributed by atoms with Crippen LogP contribution in [-0.2, 0) is 4.79 Å². The van der Waals surface area contributed by atoms with Crippen molar-refractivity contribution in [2.45, 2.75) is 20.3 Å². The van der Waals surface area contributed by atoms with E-state index < -0.39 is 0 Å². The van der Waals surface area contributed by atoms with Crippen molar-refractivity contribution in [2.24, 2.45) is 0 Å². The van der Waals surface area contributed by atoms with Gasteiger partial charge < -0.3 is 10.1 Å². The first-order valence-electron chi connectivity index (χ1n) is 6.43. The molecule has 1 N–H and O–H groups in total. The highest BCUT2D eigenvalue weighted by atomic mass is 35.5. The molecular formula is C16H20ClNO2. The minimum Gasteiger partial charge on any atom is -0.495 e. The summed E-state index contributed by atoms with van der Waals surface area (Å²) >= 11 is 6.12. The summed E-state index contributed by atoms with van der Waals surface area (Å²) in [6, 6.07) is 3.74. The Morgan fingerprint density at radius 3 is 2.70 bits per heavy atom. The van der Waals surface area contributed by atoms with Gasteiger partial charge in [0.2, 0.25) is 5.91 Å². The molecule has 1 aromatic rings. The van der Waals surface area contributed by atoms with Crippen LogP contribution in [0.5, 0.6) is 5.75 Å².